The van der Waals surface area contributed by atoms with Crippen LogP contribution in [0.25, 0.3) is 0 Å². The highest BCUT2D eigenvalue weighted by atomic mass is 35.5. The molecule has 2 rings (SSSR count). The number of hydrogen-bond acceptors (Lipinski definition) is 1. The summed E-state index contributed by atoms with van der Waals surface area (Å²) in [4.78, 5) is 0. The van der Waals surface area contributed by atoms with E-state index >= 15 is 0 Å². The fourth-order valence-corrected chi connectivity index (χ4v) is 2.09. The number of hydrogen-bond donors (Lipinski definition) is 1. The van der Waals surface area contributed by atoms with E-state index in [1.165, 1.54) is 24.0 Å². The van der Waals surface area contributed by atoms with Crippen molar-refractivity contribution in [3.05, 3.63) is 34.3 Å². The van der Waals surface area contributed by atoms with Crippen LogP contribution in [0, 0.1) is 0 Å². The molecule has 1 N–H and O–H groups in total. The maximum atomic E-state index is 6.25. The summed E-state index contributed by atoms with van der Waals surface area (Å²) in [5, 5.41) is 4.34. The van der Waals surface area contributed by atoms with Crippen LogP contribution in [0.1, 0.15) is 43.7 Å². The van der Waals surface area contributed by atoms with Gasteiger partial charge in [-0.15, -0.1) is 0 Å². The first-order valence-corrected chi connectivity index (χ1v) is 6.06. The van der Waals surface area contributed by atoms with Crippen molar-refractivity contribution in [2.75, 3.05) is 0 Å². The molecule has 82 valence electrons. The highest BCUT2D eigenvalue weighted by Crippen LogP contribution is 2.43. The van der Waals surface area contributed by atoms with Crippen molar-refractivity contribution < 1.29 is 0 Å². The molecule has 0 saturated heterocycles. The lowest BCUT2D eigenvalue weighted by Crippen LogP contribution is -2.21. The minimum absolute atomic E-state index is 0.520. The quantitative estimate of drug-likeness (QED) is 0.821. The molecule has 0 bridgehead atoms. The summed E-state index contributed by atoms with van der Waals surface area (Å²) in [7, 11) is 0. The summed E-state index contributed by atoms with van der Waals surface area (Å²) in [6, 6.07) is 7.00. The standard InChI is InChI=1S/C13H18ClN/c1-9(2)15-8-10-3-6-12(11-4-5-11)13(14)7-10/h3,6-7,9,11,15H,4-5,8H2,1-2H3. The lowest BCUT2D eigenvalue weighted by molar-refractivity contribution is 0.589. The molecular weight excluding hydrogens is 206 g/mol. The van der Waals surface area contributed by atoms with E-state index in [0.717, 1.165) is 17.5 Å². The molecule has 0 unspecified atom stereocenters. The van der Waals surface area contributed by atoms with Crippen LogP contribution in [-0.2, 0) is 6.54 Å². The molecule has 0 heterocycles. The maximum absolute atomic E-state index is 6.25. The van der Waals surface area contributed by atoms with Gasteiger partial charge in [-0.25, -0.2) is 0 Å². The molecule has 1 aromatic rings. The van der Waals surface area contributed by atoms with Gasteiger partial charge < -0.3 is 5.32 Å². The van der Waals surface area contributed by atoms with Crippen molar-refractivity contribution in [2.24, 2.45) is 0 Å². The van der Waals surface area contributed by atoms with Gasteiger partial charge >= 0.3 is 0 Å². The molecule has 1 fully saturated rings. The first-order chi connectivity index (χ1) is 7.16. The molecular formula is C13H18ClN. The van der Waals surface area contributed by atoms with Gasteiger partial charge in [0.05, 0.1) is 0 Å². The Morgan fingerprint density at radius 2 is 2.13 bits per heavy atom. The van der Waals surface area contributed by atoms with Gasteiger partial charge in [0.15, 0.2) is 0 Å². The van der Waals surface area contributed by atoms with E-state index in [0.29, 0.717) is 6.04 Å². The molecule has 1 saturated carbocycles. The molecule has 0 aromatic heterocycles. The van der Waals surface area contributed by atoms with Gasteiger partial charge in [-0.05, 0) is 36.0 Å². The molecule has 0 amide bonds. The molecule has 0 radical (unpaired) electrons. The van der Waals surface area contributed by atoms with Gasteiger partial charge in [-0.3, -0.25) is 0 Å². The van der Waals surface area contributed by atoms with Gasteiger partial charge in [0.2, 0.25) is 0 Å². The van der Waals surface area contributed by atoms with Crippen molar-refractivity contribution in [1.29, 1.82) is 0 Å². The lowest BCUT2D eigenvalue weighted by Gasteiger charge is -2.10. The van der Waals surface area contributed by atoms with Gasteiger partial charge in [0.1, 0.15) is 0 Å². The van der Waals surface area contributed by atoms with Crippen LogP contribution >= 0.6 is 11.6 Å². The molecule has 1 aliphatic carbocycles. The molecule has 1 aliphatic rings. The van der Waals surface area contributed by atoms with Gasteiger partial charge in [-0.1, -0.05) is 37.6 Å². The van der Waals surface area contributed by atoms with Gasteiger partial charge in [-0.2, -0.15) is 0 Å². The fraction of sp³-hybridized carbons (Fsp3) is 0.538. The first kappa shape index (κ1) is 11.0. The Bertz CT molecular complexity index is 342. The molecule has 15 heavy (non-hydrogen) atoms. The number of benzene rings is 1. The van der Waals surface area contributed by atoms with Crippen LogP contribution in [0.4, 0.5) is 0 Å². The van der Waals surface area contributed by atoms with E-state index in [9.17, 15) is 0 Å². The zero-order chi connectivity index (χ0) is 10.8. The SMILES string of the molecule is CC(C)NCc1ccc(C2CC2)c(Cl)c1. The van der Waals surface area contributed by atoms with Crippen LogP contribution in [0.15, 0.2) is 18.2 Å². The Balaban J connectivity index is 2.04. The average molecular weight is 224 g/mol. The molecule has 1 nitrogen and oxygen atoms in total. The largest absolute Gasteiger partial charge is 0.310 e. The van der Waals surface area contributed by atoms with Crippen molar-refractivity contribution in [3.63, 3.8) is 0 Å². The summed E-state index contributed by atoms with van der Waals surface area (Å²) in [6.45, 7) is 5.21. The summed E-state index contributed by atoms with van der Waals surface area (Å²) in [5.41, 5.74) is 2.61. The van der Waals surface area contributed by atoms with Gasteiger partial charge in [0.25, 0.3) is 0 Å². The smallest absolute Gasteiger partial charge is 0.0444 e. The fourth-order valence-electron chi connectivity index (χ4n) is 1.73. The topological polar surface area (TPSA) is 12.0 Å². The highest BCUT2D eigenvalue weighted by molar-refractivity contribution is 6.31. The van der Waals surface area contributed by atoms with Crippen molar-refractivity contribution in [2.45, 2.75) is 45.2 Å². The minimum Gasteiger partial charge on any atom is -0.310 e. The summed E-state index contributed by atoms with van der Waals surface area (Å²) in [5.74, 6) is 0.740. The Kier molecular flexibility index (Phi) is 3.32. The van der Waals surface area contributed by atoms with Crippen LogP contribution in [0.2, 0.25) is 5.02 Å². The molecule has 2 heteroatoms. The predicted molar refractivity (Wildman–Crippen MR) is 65.4 cm³/mol. The molecule has 0 spiro atoms. The summed E-state index contributed by atoms with van der Waals surface area (Å²) < 4.78 is 0. The lowest BCUT2D eigenvalue weighted by atomic mass is 10.1. The van der Waals surface area contributed by atoms with E-state index in [1.54, 1.807) is 0 Å². The second kappa shape index (κ2) is 4.54. The first-order valence-electron chi connectivity index (χ1n) is 5.68. The number of halogens is 1. The number of nitrogens with one attached hydrogen (secondary N) is 1. The summed E-state index contributed by atoms with van der Waals surface area (Å²) >= 11 is 6.25. The molecule has 1 aromatic carbocycles. The van der Waals surface area contributed by atoms with E-state index in [1.807, 2.05) is 0 Å². The maximum Gasteiger partial charge on any atom is 0.0444 e. The summed E-state index contributed by atoms with van der Waals surface area (Å²) in [6.07, 6.45) is 2.62. The normalized spacial score (nSPS) is 16.0. The second-order valence-electron chi connectivity index (χ2n) is 4.67. The highest BCUT2D eigenvalue weighted by Gasteiger charge is 2.25. The molecule has 0 atom stereocenters. The Hall–Kier alpha value is -0.530. The van der Waals surface area contributed by atoms with Crippen molar-refractivity contribution >= 4 is 11.6 Å². The third-order valence-electron chi connectivity index (χ3n) is 2.80. The zero-order valence-electron chi connectivity index (χ0n) is 9.39. The van der Waals surface area contributed by atoms with Crippen molar-refractivity contribution in [3.8, 4) is 0 Å². The zero-order valence-corrected chi connectivity index (χ0v) is 10.1. The monoisotopic (exact) mass is 223 g/mol. The third kappa shape index (κ3) is 2.96. The van der Waals surface area contributed by atoms with Crippen LogP contribution in [0.5, 0.6) is 0 Å². The Labute approximate surface area is 96.8 Å². The Morgan fingerprint density at radius 3 is 2.67 bits per heavy atom. The predicted octanol–water partition coefficient (Wildman–Crippen LogP) is 3.72. The van der Waals surface area contributed by atoms with Gasteiger partial charge in [0, 0.05) is 17.6 Å². The van der Waals surface area contributed by atoms with Crippen LogP contribution in [0.3, 0.4) is 0 Å². The Morgan fingerprint density at radius 1 is 1.40 bits per heavy atom. The number of rotatable bonds is 4. The minimum atomic E-state index is 0.520. The molecule has 0 aliphatic heterocycles. The van der Waals surface area contributed by atoms with E-state index in [4.69, 9.17) is 11.6 Å². The van der Waals surface area contributed by atoms with Crippen LogP contribution in [-0.4, -0.2) is 6.04 Å². The second-order valence-corrected chi connectivity index (χ2v) is 5.07. The van der Waals surface area contributed by atoms with Crippen molar-refractivity contribution in [1.82, 2.24) is 5.32 Å². The van der Waals surface area contributed by atoms with Crippen LogP contribution < -0.4 is 5.32 Å². The van der Waals surface area contributed by atoms with E-state index < -0.39 is 0 Å². The van der Waals surface area contributed by atoms with E-state index in [2.05, 4.69) is 37.4 Å². The van der Waals surface area contributed by atoms with E-state index in [-0.39, 0.29) is 0 Å². The third-order valence-corrected chi connectivity index (χ3v) is 3.12. The average Bonchev–Trinajstić information content (AvgIpc) is 2.98.